The molecule has 0 aliphatic heterocycles. The Morgan fingerprint density at radius 3 is 2.60 bits per heavy atom. The van der Waals surface area contributed by atoms with E-state index in [1.54, 1.807) is 7.11 Å². The van der Waals surface area contributed by atoms with Gasteiger partial charge in [0.15, 0.2) is 0 Å². The number of rotatable bonds is 7. The first-order chi connectivity index (χ1) is 9.83. The number of benzene rings is 1. The van der Waals surface area contributed by atoms with Crippen LogP contribution in [0.4, 0.5) is 5.69 Å². The van der Waals surface area contributed by atoms with Crippen molar-refractivity contribution in [2.24, 2.45) is 5.92 Å². The molecule has 2 rings (SSSR count). The van der Waals surface area contributed by atoms with Crippen molar-refractivity contribution in [3.8, 4) is 0 Å². The molecule has 0 spiro atoms. The van der Waals surface area contributed by atoms with E-state index in [0.717, 1.165) is 18.9 Å². The molecule has 1 aromatic rings. The van der Waals surface area contributed by atoms with Crippen molar-refractivity contribution >= 4 is 5.69 Å². The van der Waals surface area contributed by atoms with Gasteiger partial charge in [0.05, 0.1) is 6.61 Å². The Balaban J connectivity index is 1.87. The Bertz CT molecular complexity index is 383. The van der Waals surface area contributed by atoms with Crippen molar-refractivity contribution in [1.29, 1.82) is 0 Å². The molecule has 0 heterocycles. The summed E-state index contributed by atoms with van der Waals surface area (Å²) in [6.45, 7) is 3.10. The summed E-state index contributed by atoms with van der Waals surface area (Å²) in [5, 5.41) is 3.77. The fraction of sp³-hybridized carbons (Fsp3) is 0.667. The number of hydrogen-bond donors (Lipinski definition) is 1. The minimum atomic E-state index is 0.659. The average Bonchev–Trinajstić information content (AvgIpc) is 2.49. The molecular formula is C18H29NO. The van der Waals surface area contributed by atoms with Gasteiger partial charge in [-0.2, -0.15) is 0 Å². The van der Waals surface area contributed by atoms with Gasteiger partial charge in [0.25, 0.3) is 0 Å². The summed E-state index contributed by atoms with van der Waals surface area (Å²) < 4.78 is 5.20. The number of hydrogen-bond acceptors (Lipinski definition) is 2. The standard InChI is InChI=1S/C18H29NO/c1-3-6-15-9-11-17(12-10-15)19-18-8-5-4-7-16(18)13-14-20-2/h4-5,7-8,15,17,19H,3,6,9-14H2,1-2H3. The summed E-state index contributed by atoms with van der Waals surface area (Å²) >= 11 is 0. The lowest BCUT2D eigenvalue weighted by Gasteiger charge is -2.30. The summed E-state index contributed by atoms with van der Waals surface area (Å²) in [4.78, 5) is 0. The number of nitrogens with one attached hydrogen (secondary N) is 1. The van der Waals surface area contributed by atoms with Gasteiger partial charge in [-0.15, -0.1) is 0 Å². The number of ether oxygens (including phenoxy) is 1. The van der Waals surface area contributed by atoms with Crippen molar-refractivity contribution in [2.45, 2.75) is 57.9 Å². The molecule has 20 heavy (non-hydrogen) atoms. The summed E-state index contributed by atoms with van der Waals surface area (Å²) in [5.41, 5.74) is 2.69. The average molecular weight is 275 g/mol. The van der Waals surface area contributed by atoms with E-state index in [1.807, 2.05) is 0 Å². The Morgan fingerprint density at radius 1 is 1.15 bits per heavy atom. The maximum absolute atomic E-state index is 5.20. The van der Waals surface area contributed by atoms with Crippen LogP contribution in [0.2, 0.25) is 0 Å². The molecular weight excluding hydrogens is 246 g/mol. The molecule has 1 aliphatic rings. The number of para-hydroxylation sites is 1. The molecule has 1 aliphatic carbocycles. The third kappa shape index (κ3) is 4.52. The second-order valence-corrected chi connectivity index (χ2v) is 6.05. The van der Waals surface area contributed by atoms with Crippen LogP contribution in [-0.4, -0.2) is 19.8 Å². The predicted molar refractivity (Wildman–Crippen MR) is 86.3 cm³/mol. The molecule has 0 saturated heterocycles. The van der Waals surface area contributed by atoms with Crippen LogP contribution in [0.25, 0.3) is 0 Å². The Hall–Kier alpha value is -1.02. The second-order valence-electron chi connectivity index (χ2n) is 6.05. The molecule has 1 aromatic carbocycles. The molecule has 1 N–H and O–H groups in total. The monoisotopic (exact) mass is 275 g/mol. The quantitative estimate of drug-likeness (QED) is 0.782. The summed E-state index contributed by atoms with van der Waals surface area (Å²) in [6.07, 6.45) is 9.18. The SMILES string of the molecule is CCCC1CCC(Nc2ccccc2CCOC)CC1. The molecule has 0 unspecified atom stereocenters. The van der Waals surface area contributed by atoms with Crippen LogP contribution < -0.4 is 5.32 Å². The molecule has 0 aromatic heterocycles. The van der Waals surface area contributed by atoms with Crippen molar-refractivity contribution in [2.75, 3.05) is 19.0 Å². The molecule has 2 heteroatoms. The van der Waals surface area contributed by atoms with Crippen molar-refractivity contribution in [1.82, 2.24) is 0 Å². The lowest BCUT2D eigenvalue weighted by atomic mass is 9.83. The fourth-order valence-corrected chi connectivity index (χ4v) is 3.31. The zero-order valence-corrected chi connectivity index (χ0v) is 13.0. The van der Waals surface area contributed by atoms with Gasteiger partial charge in [0.2, 0.25) is 0 Å². The highest BCUT2D eigenvalue weighted by atomic mass is 16.5. The molecule has 1 saturated carbocycles. The third-order valence-corrected chi connectivity index (χ3v) is 4.50. The van der Waals surface area contributed by atoms with Crippen LogP contribution in [0.5, 0.6) is 0 Å². The number of anilines is 1. The van der Waals surface area contributed by atoms with Gasteiger partial charge in [-0.25, -0.2) is 0 Å². The molecule has 1 fully saturated rings. The first kappa shape index (κ1) is 15.4. The molecule has 0 radical (unpaired) electrons. The normalized spacial score (nSPS) is 22.7. The van der Waals surface area contributed by atoms with Crippen molar-refractivity contribution in [3.63, 3.8) is 0 Å². The van der Waals surface area contributed by atoms with E-state index in [9.17, 15) is 0 Å². The summed E-state index contributed by atoms with van der Waals surface area (Å²) in [6, 6.07) is 9.33. The van der Waals surface area contributed by atoms with Gasteiger partial charge in [0, 0.05) is 18.8 Å². The van der Waals surface area contributed by atoms with Gasteiger partial charge < -0.3 is 10.1 Å². The van der Waals surface area contributed by atoms with Gasteiger partial charge in [0.1, 0.15) is 0 Å². The Labute approximate surface area is 123 Å². The van der Waals surface area contributed by atoms with E-state index in [0.29, 0.717) is 6.04 Å². The zero-order chi connectivity index (χ0) is 14.2. The van der Waals surface area contributed by atoms with E-state index < -0.39 is 0 Å². The highest BCUT2D eigenvalue weighted by Gasteiger charge is 2.20. The first-order valence-corrected chi connectivity index (χ1v) is 8.16. The second kappa shape index (κ2) is 8.31. The van der Waals surface area contributed by atoms with Crippen LogP contribution in [0.15, 0.2) is 24.3 Å². The molecule has 112 valence electrons. The molecule has 0 bridgehead atoms. The summed E-state index contributed by atoms with van der Waals surface area (Å²) in [7, 11) is 1.77. The maximum Gasteiger partial charge on any atom is 0.0503 e. The minimum absolute atomic E-state index is 0.659. The smallest absolute Gasteiger partial charge is 0.0503 e. The maximum atomic E-state index is 5.20. The van der Waals surface area contributed by atoms with Crippen LogP contribution in [0, 0.1) is 5.92 Å². The van der Waals surface area contributed by atoms with E-state index in [4.69, 9.17) is 4.74 Å². The lowest BCUT2D eigenvalue weighted by Crippen LogP contribution is -2.26. The topological polar surface area (TPSA) is 21.3 Å². The van der Waals surface area contributed by atoms with Gasteiger partial charge in [-0.05, 0) is 49.7 Å². The van der Waals surface area contributed by atoms with Gasteiger partial charge in [-0.3, -0.25) is 0 Å². The van der Waals surface area contributed by atoms with E-state index in [2.05, 4.69) is 36.5 Å². The van der Waals surface area contributed by atoms with E-state index >= 15 is 0 Å². The highest BCUT2D eigenvalue weighted by Crippen LogP contribution is 2.30. The first-order valence-electron chi connectivity index (χ1n) is 8.16. The summed E-state index contributed by atoms with van der Waals surface area (Å²) in [5.74, 6) is 0.974. The third-order valence-electron chi connectivity index (χ3n) is 4.50. The highest BCUT2D eigenvalue weighted by molar-refractivity contribution is 5.52. The van der Waals surface area contributed by atoms with Crippen LogP contribution in [0.3, 0.4) is 0 Å². The number of methoxy groups -OCH3 is 1. The van der Waals surface area contributed by atoms with Gasteiger partial charge in [-0.1, -0.05) is 38.0 Å². The Kier molecular flexibility index (Phi) is 6.38. The van der Waals surface area contributed by atoms with Crippen LogP contribution in [0.1, 0.15) is 51.0 Å². The lowest BCUT2D eigenvalue weighted by molar-refractivity contribution is 0.202. The fourth-order valence-electron chi connectivity index (χ4n) is 3.31. The van der Waals surface area contributed by atoms with Crippen LogP contribution >= 0.6 is 0 Å². The largest absolute Gasteiger partial charge is 0.384 e. The minimum Gasteiger partial charge on any atom is -0.384 e. The van der Waals surface area contributed by atoms with Gasteiger partial charge >= 0.3 is 0 Å². The van der Waals surface area contributed by atoms with E-state index in [-0.39, 0.29) is 0 Å². The molecule has 0 amide bonds. The molecule has 2 nitrogen and oxygen atoms in total. The van der Waals surface area contributed by atoms with Crippen molar-refractivity contribution < 1.29 is 4.74 Å². The predicted octanol–water partition coefficient (Wildman–Crippen LogP) is 4.65. The Morgan fingerprint density at radius 2 is 1.90 bits per heavy atom. The molecule has 0 atom stereocenters. The van der Waals surface area contributed by atoms with E-state index in [1.165, 1.54) is 49.8 Å². The zero-order valence-electron chi connectivity index (χ0n) is 13.0. The van der Waals surface area contributed by atoms with Crippen LogP contribution in [-0.2, 0) is 11.2 Å². The van der Waals surface area contributed by atoms with Crippen molar-refractivity contribution in [3.05, 3.63) is 29.8 Å².